The number of nitrogens with one attached hydrogen (secondary N) is 1. The summed E-state index contributed by atoms with van der Waals surface area (Å²) in [7, 11) is 0. The first kappa shape index (κ1) is 12.9. The first-order chi connectivity index (χ1) is 7.24. The van der Waals surface area contributed by atoms with Crippen LogP contribution >= 0.6 is 0 Å². The van der Waals surface area contributed by atoms with Crippen molar-refractivity contribution in [1.82, 2.24) is 10.2 Å². The average molecular weight is 214 g/mol. The summed E-state index contributed by atoms with van der Waals surface area (Å²) in [5, 5.41) is 3.55. The maximum atomic E-state index is 5.42. The second-order valence-corrected chi connectivity index (χ2v) is 4.58. The third kappa shape index (κ3) is 4.96. The molecule has 0 amide bonds. The van der Waals surface area contributed by atoms with Gasteiger partial charge < -0.3 is 10.1 Å². The molecule has 1 saturated heterocycles. The van der Waals surface area contributed by atoms with E-state index in [1.165, 1.54) is 25.9 Å². The summed E-state index contributed by atoms with van der Waals surface area (Å²) >= 11 is 0. The van der Waals surface area contributed by atoms with E-state index < -0.39 is 0 Å². The molecule has 1 aliphatic heterocycles. The number of ether oxygens (including phenoxy) is 1. The molecule has 0 bridgehead atoms. The van der Waals surface area contributed by atoms with Gasteiger partial charge in [0.05, 0.1) is 6.61 Å². The first-order valence-electron chi connectivity index (χ1n) is 6.29. The van der Waals surface area contributed by atoms with Crippen molar-refractivity contribution in [2.75, 3.05) is 32.8 Å². The van der Waals surface area contributed by atoms with Gasteiger partial charge >= 0.3 is 0 Å². The van der Waals surface area contributed by atoms with E-state index in [1.54, 1.807) is 0 Å². The van der Waals surface area contributed by atoms with Gasteiger partial charge in [-0.15, -0.1) is 0 Å². The molecule has 0 aromatic carbocycles. The monoisotopic (exact) mass is 214 g/mol. The van der Waals surface area contributed by atoms with Gasteiger partial charge in [-0.1, -0.05) is 0 Å². The van der Waals surface area contributed by atoms with Crippen molar-refractivity contribution in [2.24, 2.45) is 0 Å². The van der Waals surface area contributed by atoms with Crippen LogP contribution in [-0.4, -0.2) is 49.8 Å². The minimum atomic E-state index is 0.618. The van der Waals surface area contributed by atoms with Gasteiger partial charge in [-0.05, 0) is 40.2 Å². The van der Waals surface area contributed by atoms with E-state index in [1.807, 2.05) is 0 Å². The van der Waals surface area contributed by atoms with Gasteiger partial charge in [0.25, 0.3) is 0 Å². The zero-order valence-electron chi connectivity index (χ0n) is 10.5. The molecule has 0 aromatic rings. The zero-order chi connectivity index (χ0) is 11.1. The zero-order valence-corrected chi connectivity index (χ0v) is 10.5. The van der Waals surface area contributed by atoms with E-state index in [0.717, 1.165) is 19.8 Å². The van der Waals surface area contributed by atoms with Gasteiger partial charge in [0.2, 0.25) is 0 Å². The molecule has 0 spiro atoms. The highest BCUT2D eigenvalue weighted by Gasteiger charge is 2.19. The van der Waals surface area contributed by atoms with Crippen LogP contribution in [0.2, 0.25) is 0 Å². The standard InChI is InChI=1S/C12H26N2O/c1-4-15-9-8-14(11(2)3)10-12-6-5-7-13-12/h11-13H,4-10H2,1-3H3. The van der Waals surface area contributed by atoms with Crippen LogP contribution in [0.25, 0.3) is 0 Å². The molecule has 1 N–H and O–H groups in total. The number of hydrogen-bond acceptors (Lipinski definition) is 3. The Kier molecular flexibility index (Phi) is 6.22. The van der Waals surface area contributed by atoms with Crippen LogP contribution in [0.4, 0.5) is 0 Å². The Morgan fingerprint density at radius 2 is 2.27 bits per heavy atom. The van der Waals surface area contributed by atoms with Gasteiger partial charge in [-0.25, -0.2) is 0 Å². The Bertz CT molecular complexity index is 156. The van der Waals surface area contributed by atoms with Crippen LogP contribution in [0, 0.1) is 0 Å². The normalized spacial score (nSPS) is 21.8. The van der Waals surface area contributed by atoms with Crippen LogP contribution in [0.3, 0.4) is 0 Å². The smallest absolute Gasteiger partial charge is 0.0593 e. The summed E-state index contributed by atoms with van der Waals surface area (Å²) < 4.78 is 5.42. The van der Waals surface area contributed by atoms with Gasteiger partial charge in [0.1, 0.15) is 0 Å². The minimum absolute atomic E-state index is 0.618. The van der Waals surface area contributed by atoms with Crippen LogP contribution in [0.5, 0.6) is 0 Å². The minimum Gasteiger partial charge on any atom is -0.380 e. The molecular weight excluding hydrogens is 188 g/mol. The lowest BCUT2D eigenvalue weighted by Crippen LogP contribution is -2.42. The Morgan fingerprint density at radius 3 is 2.80 bits per heavy atom. The summed E-state index contributed by atoms with van der Waals surface area (Å²) in [5.74, 6) is 0. The summed E-state index contributed by atoms with van der Waals surface area (Å²) in [6.07, 6.45) is 2.67. The van der Waals surface area contributed by atoms with Gasteiger partial charge in [-0.3, -0.25) is 4.90 Å². The fraction of sp³-hybridized carbons (Fsp3) is 1.00. The molecule has 1 heterocycles. The van der Waals surface area contributed by atoms with E-state index in [0.29, 0.717) is 12.1 Å². The molecule has 0 aliphatic carbocycles. The molecule has 90 valence electrons. The van der Waals surface area contributed by atoms with Crippen LogP contribution in [-0.2, 0) is 4.74 Å². The third-order valence-corrected chi connectivity index (χ3v) is 3.07. The highest BCUT2D eigenvalue weighted by Crippen LogP contribution is 2.08. The first-order valence-corrected chi connectivity index (χ1v) is 6.29. The van der Waals surface area contributed by atoms with Gasteiger partial charge in [0.15, 0.2) is 0 Å². The molecule has 1 rings (SSSR count). The molecule has 0 radical (unpaired) electrons. The lowest BCUT2D eigenvalue weighted by atomic mass is 10.2. The SMILES string of the molecule is CCOCCN(CC1CCCN1)C(C)C. The maximum absolute atomic E-state index is 5.42. The molecule has 1 atom stereocenters. The second-order valence-electron chi connectivity index (χ2n) is 4.58. The maximum Gasteiger partial charge on any atom is 0.0593 e. The highest BCUT2D eigenvalue weighted by atomic mass is 16.5. The third-order valence-electron chi connectivity index (χ3n) is 3.07. The molecule has 15 heavy (non-hydrogen) atoms. The number of nitrogens with zero attached hydrogens (tertiary/aromatic N) is 1. The van der Waals surface area contributed by atoms with Gasteiger partial charge in [-0.2, -0.15) is 0 Å². The average Bonchev–Trinajstić information content (AvgIpc) is 2.69. The predicted octanol–water partition coefficient (Wildman–Crippen LogP) is 1.49. The second kappa shape index (κ2) is 7.20. The van der Waals surface area contributed by atoms with Gasteiger partial charge in [0, 0.05) is 31.8 Å². The lowest BCUT2D eigenvalue weighted by molar-refractivity contribution is 0.0965. The Labute approximate surface area is 94.2 Å². The quantitative estimate of drug-likeness (QED) is 0.650. The topological polar surface area (TPSA) is 24.5 Å². The predicted molar refractivity (Wildman–Crippen MR) is 64.2 cm³/mol. The molecule has 0 aromatic heterocycles. The van der Waals surface area contributed by atoms with Crippen molar-refractivity contribution in [3.8, 4) is 0 Å². The summed E-state index contributed by atoms with van der Waals surface area (Å²) in [5.41, 5.74) is 0. The van der Waals surface area contributed by atoms with E-state index in [4.69, 9.17) is 4.74 Å². The molecular formula is C12H26N2O. The molecule has 1 unspecified atom stereocenters. The molecule has 1 fully saturated rings. The molecule has 1 aliphatic rings. The molecule has 3 nitrogen and oxygen atoms in total. The van der Waals surface area contributed by atoms with Crippen molar-refractivity contribution in [3.05, 3.63) is 0 Å². The van der Waals surface area contributed by atoms with E-state index >= 15 is 0 Å². The largest absolute Gasteiger partial charge is 0.380 e. The lowest BCUT2D eigenvalue weighted by Gasteiger charge is -2.29. The van der Waals surface area contributed by atoms with Crippen molar-refractivity contribution >= 4 is 0 Å². The molecule has 3 heteroatoms. The van der Waals surface area contributed by atoms with E-state index in [9.17, 15) is 0 Å². The van der Waals surface area contributed by atoms with Crippen LogP contribution < -0.4 is 5.32 Å². The Balaban J connectivity index is 2.22. The summed E-state index contributed by atoms with van der Waals surface area (Å²) in [6.45, 7) is 11.7. The van der Waals surface area contributed by atoms with Crippen molar-refractivity contribution in [2.45, 2.75) is 45.7 Å². The van der Waals surface area contributed by atoms with E-state index in [-0.39, 0.29) is 0 Å². The van der Waals surface area contributed by atoms with Crippen molar-refractivity contribution in [1.29, 1.82) is 0 Å². The van der Waals surface area contributed by atoms with Crippen molar-refractivity contribution < 1.29 is 4.74 Å². The fourth-order valence-corrected chi connectivity index (χ4v) is 2.08. The summed E-state index contributed by atoms with van der Waals surface area (Å²) in [6, 6.07) is 1.32. The fourth-order valence-electron chi connectivity index (χ4n) is 2.08. The number of rotatable bonds is 7. The highest BCUT2D eigenvalue weighted by molar-refractivity contribution is 4.79. The van der Waals surface area contributed by atoms with Crippen molar-refractivity contribution in [3.63, 3.8) is 0 Å². The Morgan fingerprint density at radius 1 is 1.47 bits per heavy atom. The van der Waals surface area contributed by atoms with Crippen LogP contribution in [0.1, 0.15) is 33.6 Å². The number of hydrogen-bond donors (Lipinski definition) is 1. The summed E-state index contributed by atoms with van der Waals surface area (Å²) in [4.78, 5) is 2.51. The van der Waals surface area contributed by atoms with Crippen LogP contribution in [0.15, 0.2) is 0 Å². The van der Waals surface area contributed by atoms with E-state index in [2.05, 4.69) is 31.0 Å². The Hall–Kier alpha value is -0.120. The molecule has 0 saturated carbocycles.